The number of methoxy groups -OCH3 is 1. The summed E-state index contributed by atoms with van der Waals surface area (Å²) in [4.78, 5) is 12.7. The first-order chi connectivity index (χ1) is 15.4. The Labute approximate surface area is 196 Å². The van der Waals surface area contributed by atoms with Crippen molar-refractivity contribution in [2.45, 2.75) is 13.8 Å². The molecule has 4 aromatic rings. The van der Waals surface area contributed by atoms with Crippen molar-refractivity contribution >= 4 is 51.3 Å². The Balaban J connectivity index is 1.71. The van der Waals surface area contributed by atoms with Gasteiger partial charge in [-0.25, -0.2) is 0 Å². The molecule has 0 aliphatic heterocycles. The average molecular weight is 466 g/mol. The molecule has 6 heteroatoms. The van der Waals surface area contributed by atoms with E-state index in [2.05, 4.69) is 5.32 Å². The Bertz CT molecular complexity index is 1340. The number of carbonyl (C=O) groups excluding carboxylic acids is 1. The van der Waals surface area contributed by atoms with Crippen molar-refractivity contribution in [1.82, 2.24) is 0 Å². The molecular weight excluding hydrogens is 445 g/mol. The molecule has 0 unspecified atom stereocenters. The Morgan fingerprint density at radius 2 is 1.75 bits per heavy atom. The minimum Gasteiger partial charge on any atom is -0.496 e. The van der Waals surface area contributed by atoms with Crippen molar-refractivity contribution in [2.75, 3.05) is 12.4 Å². The molecule has 4 rings (SSSR count). The van der Waals surface area contributed by atoms with Crippen molar-refractivity contribution in [3.05, 3.63) is 88.1 Å². The lowest BCUT2D eigenvalue weighted by molar-refractivity contribution is -0.111. The van der Waals surface area contributed by atoms with Crippen molar-refractivity contribution in [3.63, 3.8) is 0 Å². The Morgan fingerprint density at radius 3 is 2.47 bits per heavy atom. The molecule has 0 saturated heterocycles. The van der Waals surface area contributed by atoms with Crippen LogP contribution in [0.4, 0.5) is 5.69 Å². The number of halogens is 2. The van der Waals surface area contributed by atoms with E-state index in [1.54, 1.807) is 31.6 Å². The summed E-state index contributed by atoms with van der Waals surface area (Å²) in [5, 5.41) is 5.04. The van der Waals surface area contributed by atoms with E-state index >= 15 is 0 Å². The molecular formula is C26H21Cl2NO3. The number of furan rings is 1. The molecule has 0 radical (unpaired) electrons. The fourth-order valence-electron chi connectivity index (χ4n) is 3.56. The van der Waals surface area contributed by atoms with Crippen LogP contribution in [0.5, 0.6) is 5.75 Å². The van der Waals surface area contributed by atoms with Gasteiger partial charge >= 0.3 is 0 Å². The molecule has 0 fully saturated rings. The van der Waals surface area contributed by atoms with Crippen molar-refractivity contribution in [1.29, 1.82) is 0 Å². The first-order valence-electron chi connectivity index (χ1n) is 9.96. The molecule has 0 spiro atoms. The Hall–Kier alpha value is -3.21. The molecule has 162 valence electrons. The van der Waals surface area contributed by atoms with Gasteiger partial charge in [-0.15, -0.1) is 0 Å². The summed E-state index contributed by atoms with van der Waals surface area (Å²) in [6.07, 6.45) is 3.26. The number of fused-ring (bicyclic) bond motifs is 1. The van der Waals surface area contributed by atoms with E-state index in [1.165, 1.54) is 0 Å². The second kappa shape index (κ2) is 9.11. The Kier molecular flexibility index (Phi) is 6.26. The third-order valence-electron chi connectivity index (χ3n) is 5.28. The highest BCUT2D eigenvalue weighted by atomic mass is 35.5. The number of hydrogen-bond acceptors (Lipinski definition) is 3. The molecule has 0 aliphatic carbocycles. The summed E-state index contributed by atoms with van der Waals surface area (Å²) in [6.45, 7) is 3.78. The second-order valence-corrected chi connectivity index (χ2v) is 8.35. The molecule has 4 nitrogen and oxygen atoms in total. The monoisotopic (exact) mass is 465 g/mol. The molecule has 1 aromatic heterocycles. The first-order valence-corrected chi connectivity index (χ1v) is 10.7. The first kappa shape index (κ1) is 22.0. The van der Waals surface area contributed by atoms with Crippen LogP contribution in [0.15, 0.2) is 71.4 Å². The number of amides is 1. The molecule has 1 heterocycles. The summed E-state index contributed by atoms with van der Waals surface area (Å²) >= 11 is 12.1. The molecule has 0 bridgehead atoms. The Morgan fingerprint density at radius 1 is 1.03 bits per heavy atom. The van der Waals surface area contributed by atoms with Crippen molar-refractivity contribution in [3.8, 4) is 16.9 Å². The smallest absolute Gasteiger partial charge is 0.248 e. The van der Waals surface area contributed by atoms with Gasteiger partial charge in [-0.1, -0.05) is 41.4 Å². The average Bonchev–Trinajstić information content (AvgIpc) is 3.18. The zero-order chi connectivity index (χ0) is 22.8. The van der Waals surface area contributed by atoms with Crippen molar-refractivity contribution in [2.24, 2.45) is 0 Å². The maximum absolute atomic E-state index is 12.7. The maximum atomic E-state index is 12.7. The normalized spacial score (nSPS) is 11.6. The van der Waals surface area contributed by atoms with Crippen LogP contribution in [-0.2, 0) is 4.79 Å². The topological polar surface area (TPSA) is 51.5 Å². The lowest BCUT2D eigenvalue weighted by Gasteiger charge is -2.11. The summed E-state index contributed by atoms with van der Waals surface area (Å²) in [5.41, 5.74) is 5.78. The fraction of sp³-hybridized carbons (Fsp3) is 0.115. The minimum atomic E-state index is -0.250. The van der Waals surface area contributed by atoms with Crippen molar-refractivity contribution < 1.29 is 13.9 Å². The van der Waals surface area contributed by atoms with E-state index in [0.717, 1.165) is 33.2 Å². The highest BCUT2D eigenvalue weighted by Gasteiger charge is 2.15. The summed E-state index contributed by atoms with van der Waals surface area (Å²) < 4.78 is 11.3. The van der Waals surface area contributed by atoms with Gasteiger partial charge in [0.15, 0.2) is 0 Å². The molecule has 0 saturated carbocycles. The van der Waals surface area contributed by atoms with Crippen LogP contribution in [0.1, 0.15) is 18.1 Å². The zero-order valence-corrected chi connectivity index (χ0v) is 19.3. The van der Waals surface area contributed by atoms with Gasteiger partial charge in [-0.3, -0.25) is 4.79 Å². The van der Waals surface area contributed by atoms with E-state index in [4.69, 9.17) is 32.4 Å². The third kappa shape index (κ3) is 4.52. The fourth-order valence-corrected chi connectivity index (χ4v) is 3.86. The standard InChI is InChI=1S/C26H21Cl2NO3/c1-15-4-7-19(28)11-23(15)29-26(30)10-16(2)20-12-21-22(17-5-8-18(27)9-6-17)14-32-25(21)13-24(20)31-3/h4-14H,1-3H3,(H,29,30)/b16-10+. The maximum Gasteiger partial charge on any atom is 0.248 e. The highest BCUT2D eigenvalue weighted by molar-refractivity contribution is 6.31. The van der Waals surface area contributed by atoms with Gasteiger partial charge in [0.1, 0.15) is 11.3 Å². The van der Waals surface area contributed by atoms with Gasteiger partial charge in [0.25, 0.3) is 0 Å². The van der Waals surface area contributed by atoms with Gasteiger partial charge in [0.05, 0.1) is 13.4 Å². The third-order valence-corrected chi connectivity index (χ3v) is 5.77. The van der Waals surface area contributed by atoms with Crippen LogP contribution >= 0.6 is 23.2 Å². The predicted molar refractivity (Wildman–Crippen MR) is 132 cm³/mol. The second-order valence-electron chi connectivity index (χ2n) is 7.48. The van der Waals surface area contributed by atoms with Gasteiger partial charge in [-0.2, -0.15) is 0 Å². The van der Waals surface area contributed by atoms with Crippen LogP contribution in [0.2, 0.25) is 10.0 Å². The van der Waals surface area contributed by atoms with Gasteiger partial charge in [-0.05, 0) is 60.9 Å². The number of allylic oxidation sites excluding steroid dienone is 1. The van der Waals surface area contributed by atoms with E-state index in [9.17, 15) is 4.79 Å². The molecule has 3 aromatic carbocycles. The molecule has 1 N–H and O–H groups in total. The lowest BCUT2D eigenvalue weighted by Crippen LogP contribution is -2.09. The van der Waals surface area contributed by atoms with Crippen LogP contribution in [0, 0.1) is 6.92 Å². The number of rotatable bonds is 5. The summed E-state index contributed by atoms with van der Waals surface area (Å²) in [5.74, 6) is 0.370. The predicted octanol–water partition coefficient (Wildman–Crippen LogP) is 7.77. The molecule has 0 aliphatic rings. The summed E-state index contributed by atoms with van der Waals surface area (Å²) in [7, 11) is 1.59. The largest absolute Gasteiger partial charge is 0.496 e. The zero-order valence-electron chi connectivity index (χ0n) is 17.8. The molecule has 1 amide bonds. The highest BCUT2D eigenvalue weighted by Crippen LogP contribution is 2.37. The number of aryl methyl sites for hydroxylation is 1. The van der Waals surface area contributed by atoms with Crippen LogP contribution in [0.25, 0.3) is 27.7 Å². The van der Waals surface area contributed by atoms with E-state index in [1.807, 2.05) is 56.3 Å². The van der Waals surface area contributed by atoms with Gasteiger partial charge in [0.2, 0.25) is 5.91 Å². The number of nitrogens with one attached hydrogen (secondary N) is 1. The minimum absolute atomic E-state index is 0.250. The number of carbonyl (C=O) groups is 1. The number of ether oxygens (including phenoxy) is 1. The van der Waals surface area contributed by atoms with Gasteiger partial charge in [0, 0.05) is 44.4 Å². The molecule has 32 heavy (non-hydrogen) atoms. The quantitative estimate of drug-likeness (QED) is 0.306. The van der Waals surface area contributed by atoms with E-state index in [-0.39, 0.29) is 5.91 Å². The SMILES string of the molecule is COc1cc2occ(-c3ccc(Cl)cc3)c2cc1/C(C)=C/C(=O)Nc1cc(Cl)ccc1C. The molecule has 0 atom stereocenters. The van der Waals surface area contributed by atoms with Crippen LogP contribution in [-0.4, -0.2) is 13.0 Å². The number of hydrogen-bond donors (Lipinski definition) is 1. The van der Waals surface area contributed by atoms with E-state index in [0.29, 0.717) is 27.1 Å². The van der Waals surface area contributed by atoms with E-state index < -0.39 is 0 Å². The summed E-state index contributed by atoms with van der Waals surface area (Å²) in [6, 6.07) is 16.8. The van der Waals surface area contributed by atoms with Crippen LogP contribution < -0.4 is 10.1 Å². The number of anilines is 1. The number of benzene rings is 3. The van der Waals surface area contributed by atoms with Gasteiger partial charge < -0.3 is 14.5 Å². The lowest BCUT2D eigenvalue weighted by atomic mass is 9.99. The van der Waals surface area contributed by atoms with Crippen LogP contribution in [0.3, 0.4) is 0 Å².